The van der Waals surface area contributed by atoms with Gasteiger partial charge in [0, 0.05) is 11.5 Å². The monoisotopic (exact) mass is 295 g/mol. The van der Waals surface area contributed by atoms with Gasteiger partial charge < -0.3 is 9.84 Å². The van der Waals surface area contributed by atoms with Crippen LogP contribution in [0.3, 0.4) is 0 Å². The summed E-state index contributed by atoms with van der Waals surface area (Å²) in [7, 11) is 1.07. The number of hydrogen-bond acceptors (Lipinski definition) is 4. The summed E-state index contributed by atoms with van der Waals surface area (Å²) >= 11 is 2.99. The molecule has 0 aliphatic rings. The molecule has 0 radical (unpaired) electrons. The zero-order chi connectivity index (χ0) is 12.3. The molecular weight excluding hydrogens is 288 g/mol. The number of nitrogens with zero attached hydrogens (tertiary/aromatic N) is 1. The average molecular weight is 296 g/mol. The topological polar surface area (TPSA) is 59.4 Å². The predicted molar refractivity (Wildman–Crippen MR) is 54.8 cm³/mol. The molecule has 1 N–H and O–H groups in total. The molecule has 0 aliphatic heterocycles. The minimum atomic E-state index is -2.89. The first-order chi connectivity index (χ1) is 7.52. The van der Waals surface area contributed by atoms with Crippen LogP contribution in [0.1, 0.15) is 28.0 Å². The molecule has 0 spiro atoms. The molecule has 88 valence electrons. The van der Waals surface area contributed by atoms with E-state index < -0.39 is 29.4 Å². The average Bonchev–Trinajstić information content (AvgIpc) is 2.26. The lowest BCUT2D eigenvalue weighted by molar-refractivity contribution is 0.0589. The molecule has 0 aromatic carbocycles. The summed E-state index contributed by atoms with van der Waals surface area (Å²) in [6, 6.07) is 0. The number of rotatable bonds is 3. The number of aromatic nitrogens is 1. The van der Waals surface area contributed by atoms with Crippen molar-refractivity contribution < 1.29 is 23.4 Å². The zero-order valence-corrected chi connectivity index (χ0v) is 9.79. The largest absolute Gasteiger partial charge is 0.505 e. The standard InChI is InChI=1S/C9H8BrF2NO3/c1-16-9(15)6-7(14)5(8(11)12)4(2-10)3-13-6/h3,8,14H,2H2,1H3. The van der Waals surface area contributed by atoms with Gasteiger partial charge >= 0.3 is 5.97 Å². The molecule has 0 amide bonds. The van der Waals surface area contributed by atoms with Crippen molar-refractivity contribution in [3.05, 3.63) is 23.0 Å². The third kappa shape index (κ3) is 2.29. The predicted octanol–water partition coefficient (Wildman–Crippen LogP) is 2.41. The van der Waals surface area contributed by atoms with E-state index in [9.17, 15) is 18.7 Å². The van der Waals surface area contributed by atoms with Gasteiger partial charge in [0.05, 0.1) is 12.7 Å². The fraction of sp³-hybridized carbons (Fsp3) is 0.333. The van der Waals surface area contributed by atoms with Crippen LogP contribution in [-0.4, -0.2) is 23.2 Å². The van der Waals surface area contributed by atoms with E-state index in [1.54, 1.807) is 0 Å². The van der Waals surface area contributed by atoms with Gasteiger partial charge in [-0.15, -0.1) is 0 Å². The lowest BCUT2D eigenvalue weighted by Gasteiger charge is -2.10. The summed E-state index contributed by atoms with van der Waals surface area (Å²) in [5, 5.41) is 9.61. The second-order valence-corrected chi connectivity index (χ2v) is 3.38. The van der Waals surface area contributed by atoms with Gasteiger partial charge in [0.1, 0.15) is 0 Å². The van der Waals surface area contributed by atoms with Gasteiger partial charge in [0.25, 0.3) is 6.43 Å². The molecule has 1 rings (SSSR count). The second kappa shape index (κ2) is 5.20. The first kappa shape index (κ1) is 12.8. The Morgan fingerprint density at radius 3 is 2.75 bits per heavy atom. The van der Waals surface area contributed by atoms with Crippen LogP contribution in [0.25, 0.3) is 0 Å². The summed E-state index contributed by atoms with van der Waals surface area (Å²) in [5.41, 5.74) is -0.991. The van der Waals surface area contributed by atoms with Crippen molar-refractivity contribution in [1.82, 2.24) is 4.98 Å². The first-order valence-electron chi connectivity index (χ1n) is 4.16. The van der Waals surface area contributed by atoms with E-state index in [0.29, 0.717) is 0 Å². The Morgan fingerprint density at radius 1 is 1.69 bits per heavy atom. The Bertz CT molecular complexity index is 412. The number of esters is 1. The molecule has 0 fully saturated rings. The lowest BCUT2D eigenvalue weighted by Crippen LogP contribution is -2.08. The third-order valence-corrected chi connectivity index (χ3v) is 2.52. The van der Waals surface area contributed by atoms with Crippen LogP contribution in [0, 0.1) is 0 Å². The highest BCUT2D eigenvalue weighted by Gasteiger charge is 2.24. The number of halogens is 3. The Kier molecular flexibility index (Phi) is 4.17. The fourth-order valence-corrected chi connectivity index (χ4v) is 1.60. The number of pyridine rings is 1. The van der Waals surface area contributed by atoms with Crippen LogP contribution in [0.4, 0.5) is 8.78 Å². The molecule has 0 saturated carbocycles. The Balaban J connectivity index is 3.37. The molecule has 0 atom stereocenters. The highest BCUT2D eigenvalue weighted by Crippen LogP contribution is 2.34. The maximum atomic E-state index is 12.7. The summed E-state index contributed by atoms with van der Waals surface area (Å²) in [6.45, 7) is 0. The maximum Gasteiger partial charge on any atom is 0.360 e. The summed E-state index contributed by atoms with van der Waals surface area (Å²) in [5.74, 6) is -1.79. The van der Waals surface area contributed by atoms with Crippen molar-refractivity contribution in [3.63, 3.8) is 0 Å². The van der Waals surface area contributed by atoms with Crippen molar-refractivity contribution >= 4 is 21.9 Å². The zero-order valence-electron chi connectivity index (χ0n) is 8.21. The Hall–Kier alpha value is -1.24. The van der Waals surface area contributed by atoms with Crippen LogP contribution in [0.15, 0.2) is 6.20 Å². The number of aromatic hydroxyl groups is 1. The van der Waals surface area contributed by atoms with E-state index in [0.717, 1.165) is 13.3 Å². The SMILES string of the molecule is COC(=O)c1ncc(CBr)c(C(F)F)c1O. The molecule has 1 aromatic rings. The third-order valence-electron chi connectivity index (χ3n) is 1.92. The summed E-state index contributed by atoms with van der Waals surface area (Å²) in [6.07, 6.45) is -1.79. The molecule has 7 heteroatoms. The molecule has 0 bridgehead atoms. The molecule has 0 unspecified atom stereocenters. The quantitative estimate of drug-likeness (QED) is 0.687. The normalized spacial score (nSPS) is 10.6. The van der Waals surface area contributed by atoms with Gasteiger partial charge in [-0.1, -0.05) is 15.9 Å². The van der Waals surface area contributed by atoms with Crippen molar-refractivity contribution in [2.24, 2.45) is 0 Å². The fourth-order valence-electron chi connectivity index (χ4n) is 1.15. The summed E-state index contributed by atoms with van der Waals surface area (Å²) in [4.78, 5) is 14.7. The number of methoxy groups -OCH3 is 1. The minimum Gasteiger partial charge on any atom is -0.505 e. The Morgan fingerprint density at radius 2 is 2.31 bits per heavy atom. The van der Waals surface area contributed by atoms with Crippen molar-refractivity contribution in [2.75, 3.05) is 7.11 Å². The van der Waals surface area contributed by atoms with Gasteiger partial charge in [-0.25, -0.2) is 18.6 Å². The van der Waals surface area contributed by atoms with Crippen LogP contribution in [0.2, 0.25) is 0 Å². The van der Waals surface area contributed by atoms with Gasteiger partial charge in [-0.2, -0.15) is 0 Å². The molecule has 1 heterocycles. The van der Waals surface area contributed by atoms with Crippen molar-refractivity contribution in [3.8, 4) is 5.75 Å². The minimum absolute atomic E-state index is 0.106. The molecule has 4 nitrogen and oxygen atoms in total. The highest BCUT2D eigenvalue weighted by atomic mass is 79.9. The van der Waals surface area contributed by atoms with Gasteiger partial charge in [-0.3, -0.25) is 0 Å². The number of carbonyl (C=O) groups is 1. The second-order valence-electron chi connectivity index (χ2n) is 2.82. The van der Waals surface area contributed by atoms with E-state index in [2.05, 4.69) is 25.7 Å². The molecule has 1 aromatic heterocycles. The smallest absolute Gasteiger partial charge is 0.360 e. The molecule has 16 heavy (non-hydrogen) atoms. The first-order valence-corrected chi connectivity index (χ1v) is 5.28. The number of alkyl halides is 3. The van der Waals surface area contributed by atoms with E-state index in [4.69, 9.17) is 0 Å². The van der Waals surface area contributed by atoms with Crippen molar-refractivity contribution in [1.29, 1.82) is 0 Å². The van der Waals surface area contributed by atoms with Crippen LogP contribution < -0.4 is 0 Å². The van der Waals surface area contributed by atoms with E-state index in [1.807, 2.05) is 0 Å². The van der Waals surface area contributed by atoms with Crippen molar-refractivity contribution in [2.45, 2.75) is 11.8 Å². The van der Waals surface area contributed by atoms with Crippen LogP contribution in [-0.2, 0) is 10.1 Å². The number of ether oxygens (including phenoxy) is 1. The maximum absolute atomic E-state index is 12.7. The van der Waals surface area contributed by atoms with Gasteiger partial charge in [0.15, 0.2) is 11.4 Å². The number of carbonyl (C=O) groups excluding carboxylic acids is 1. The molecule has 0 saturated heterocycles. The van der Waals surface area contributed by atoms with Gasteiger partial charge in [-0.05, 0) is 5.56 Å². The molecule has 0 aliphatic carbocycles. The van der Waals surface area contributed by atoms with Gasteiger partial charge in [0.2, 0.25) is 0 Å². The molecular formula is C9H8BrF2NO3. The van der Waals surface area contributed by atoms with Crippen LogP contribution >= 0.6 is 15.9 Å². The lowest BCUT2D eigenvalue weighted by atomic mass is 10.1. The van der Waals surface area contributed by atoms with E-state index >= 15 is 0 Å². The van der Waals surface area contributed by atoms with Crippen LogP contribution in [0.5, 0.6) is 5.75 Å². The van der Waals surface area contributed by atoms with E-state index in [1.165, 1.54) is 0 Å². The Labute approximate surface area is 98.4 Å². The van der Waals surface area contributed by atoms with E-state index in [-0.39, 0.29) is 10.9 Å². The summed E-state index contributed by atoms with van der Waals surface area (Å²) < 4.78 is 29.6. The highest BCUT2D eigenvalue weighted by molar-refractivity contribution is 9.08. The number of hydrogen-bond donors (Lipinski definition) is 1.